The Morgan fingerprint density at radius 2 is 1.74 bits per heavy atom. The Morgan fingerprint density at radius 3 is 2.52 bits per heavy atom. The zero-order chi connectivity index (χ0) is 18.8. The molecule has 0 spiro atoms. The molecule has 2 nitrogen and oxygen atoms in total. The molecule has 1 fully saturated rings. The number of benzene rings is 2. The van der Waals surface area contributed by atoms with E-state index in [1.807, 2.05) is 12.1 Å². The lowest BCUT2D eigenvalue weighted by atomic mass is 9.88. The van der Waals surface area contributed by atoms with Crippen LogP contribution in [-0.4, -0.2) is 29.6 Å². The molecule has 0 amide bonds. The zero-order valence-corrected chi connectivity index (χ0v) is 17.0. The number of piperidine rings is 1. The third-order valence-electron chi connectivity index (χ3n) is 6.61. The average Bonchev–Trinajstić information content (AvgIpc) is 2.83. The smallest absolute Gasteiger partial charge is 0.0795 e. The van der Waals surface area contributed by atoms with E-state index in [1.54, 1.807) is 0 Å². The van der Waals surface area contributed by atoms with Crippen LogP contribution in [0.5, 0.6) is 0 Å². The molecule has 1 N–H and O–H groups in total. The summed E-state index contributed by atoms with van der Waals surface area (Å²) in [4.78, 5) is 2.60. The number of hydrogen-bond donors (Lipinski definition) is 1. The number of aliphatic hydroxyl groups excluding tert-OH is 1. The minimum atomic E-state index is -0.312. The van der Waals surface area contributed by atoms with E-state index in [4.69, 9.17) is 11.6 Å². The predicted octanol–water partition coefficient (Wildman–Crippen LogP) is 5.51. The summed E-state index contributed by atoms with van der Waals surface area (Å²) >= 11 is 6.40. The van der Waals surface area contributed by atoms with E-state index < -0.39 is 0 Å². The van der Waals surface area contributed by atoms with Gasteiger partial charge in [0.25, 0.3) is 0 Å². The number of likely N-dealkylation sites (tertiary alicyclic amines) is 1. The summed E-state index contributed by atoms with van der Waals surface area (Å²) in [6.07, 6.45) is 5.21. The molecule has 144 valence electrons. The molecule has 3 heteroatoms. The van der Waals surface area contributed by atoms with Crippen LogP contribution >= 0.6 is 11.6 Å². The van der Waals surface area contributed by atoms with Crippen molar-refractivity contribution in [1.82, 2.24) is 4.90 Å². The predicted molar refractivity (Wildman–Crippen MR) is 112 cm³/mol. The summed E-state index contributed by atoms with van der Waals surface area (Å²) < 4.78 is 0. The maximum atomic E-state index is 10.8. The monoisotopic (exact) mass is 383 g/mol. The molecule has 1 heterocycles. The first-order chi connectivity index (χ1) is 13.1. The number of aliphatic hydroxyl groups is 1. The quantitative estimate of drug-likeness (QED) is 0.706. The SMILES string of the molecule is Cc1cccc2c1CCC(CN1CCC(c3ccccc3Cl)CC1)CC2O. The Bertz CT molecular complexity index is 782. The van der Waals surface area contributed by atoms with E-state index in [1.165, 1.54) is 36.0 Å². The Morgan fingerprint density at radius 1 is 1.00 bits per heavy atom. The van der Waals surface area contributed by atoms with Crippen molar-refractivity contribution in [3.8, 4) is 0 Å². The summed E-state index contributed by atoms with van der Waals surface area (Å²) in [5.41, 5.74) is 5.18. The zero-order valence-electron chi connectivity index (χ0n) is 16.2. The van der Waals surface area contributed by atoms with Crippen LogP contribution in [-0.2, 0) is 6.42 Å². The number of rotatable bonds is 3. The largest absolute Gasteiger partial charge is 0.388 e. The molecule has 2 aromatic rings. The lowest BCUT2D eigenvalue weighted by Gasteiger charge is -2.35. The van der Waals surface area contributed by atoms with Gasteiger partial charge in [-0.3, -0.25) is 0 Å². The molecule has 0 radical (unpaired) electrons. The molecule has 0 aromatic heterocycles. The fourth-order valence-corrected chi connectivity index (χ4v) is 5.34. The average molecular weight is 384 g/mol. The van der Waals surface area contributed by atoms with Gasteiger partial charge in [-0.25, -0.2) is 0 Å². The van der Waals surface area contributed by atoms with E-state index >= 15 is 0 Å². The number of aryl methyl sites for hydroxylation is 1. The van der Waals surface area contributed by atoms with Crippen molar-refractivity contribution in [2.75, 3.05) is 19.6 Å². The van der Waals surface area contributed by atoms with Crippen LogP contribution in [0.2, 0.25) is 5.02 Å². The highest BCUT2D eigenvalue weighted by atomic mass is 35.5. The van der Waals surface area contributed by atoms with Crippen molar-refractivity contribution in [3.05, 3.63) is 69.7 Å². The molecule has 2 aromatic carbocycles. The van der Waals surface area contributed by atoms with E-state index in [0.717, 1.165) is 43.1 Å². The van der Waals surface area contributed by atoms with Crippen molar-refractivity contribution in [1.29, 1.82) is 0 Å². The van der Waals surface area contributed by atoms with Gasteiger partial charge in [-0.05, 0) is 92.3 Å². The van der Waals surface area contributed by atoms with E-state index in [0.29, 0.717) is 11.8 Å². The lowest BCUT2D eigenvalue weighted by molar-refractivity contribution is 0.117. The number of halogens is 1. The van der Waals surface area contributed by atoms with E-state index in [-0.39, 0.29) is 6.10 Å². The van der Waals surface area contributed by atoms with Crippen molar-refractivity contribution < 1.29 is 5.11 Å². The van der Waals surface area contributed by atoms with Crippen molar-refractivity contribution in [2.45, 2.75) is 51.0 Å². The maximum Gasteiger partial charge on any atom is 0.0795 e. The second-order valence-corrected chi connectivity index (χ2v) is 8.80. The van der Waals surface area contributed by atoms with Gasteiger partial charge in [0.15, 0.2) is 0 Å². The third-order valence-corrected chi connectivity index (χ3v) is 6.96. The van der Waals surface area contributed by atoms with E-state index in [9.17, 15) is 5.11 Å². The van der Waals surface area contributed by atoms with Gasteiger partial charge < -0.3 is 10.0 Å². The Hall–Kier alpha value is -1.35. The van der Waals surface area contributed by atoms with Crippen LogP contribution < -0.4 is 0 Å². The van der Waals surface area contributed by atoms with Crippen LogP contribution in [0.1, 0.15) is 60.0 Å². The molecule has 27 heavy (non-hydrogen) atoms. The van der Waals surface area contributed by atoms with Gasteiger partial charge in [0.05, 0.1) is 6.10 Å². The first-order valence-electron chi connectivity index (χ1n) is 10.3. The van der Waals surface area contributed by atoms with Crippen molar-refractivity contribution in [2.24, 2.45) is 5.92 Å². The Kier molecular flexibility index (Phi) is 5.87. The first kappa shape index (κ1) is 19.0. The Labute approximate surface area is 168 Å². The normalized spacial score (nSPS) is 24.4. The second kappa shape index (κ2) is 8.34. The third kappa shape index (κ3) is 4.23. The molecule has 1 saturated heterocycles. The van der Waals surface area contributed by atoms with Gasteiger partial charge in [-0.2, -0.15) is 0 Å². The lowest BCUT2D eigenvalue weighted by Crippen LogP contribution is -2.37. The fraction of sp³-hybridized carbons (Fsp3) is 0.500. The molecule has 1 aliphatic carbocycles. The minimum absolute atomic E-state index is 0.312. The van der Waals surface area contributed by atoms with Gasteiger partial charge in [0.2, 0.25) is 0 Å². The summed E-state index contributed by atoms with van der Waals surface area (Å²) in [6, 6.07) is 14.7. The molecule has 1 aliphatic heterocycles. The van der Waals surface area contributed by atoms with Gasteiger partial charge in [-0.1, -0.05) is 48.0 Å². The maximum absolute atomic E-state index is 10.8. The van der Waals surface area contributed by atoms with Crippen molar-refractivity contribution >= 4 is 11.6 Å². The minimum Gasteiger partial charge on any atom is -0.388 e. The summed E-state index contributed by atoms with van der Waals surface area (Å²) in [7, 11) is 0. The molecule has 4 rings (SSSR count). The molecule has 0 saturated carbocycles. The van der Waals surface area contributed by atoms with Crippen LogP contribution in [0.25, 0.3) is 0 Å². The summed E-state index contributed by atoms with van der Waals surface area (Å²) in [5, 5.41) is 11.7. The highest BCUT2D eigenvalue weighted by molar-refractivity contribution is 6.31. The molecule has 2 atom stereocenters. The van der Waals surface area contributed by atoms with Gasteiger partial charge in [0.1, 0.15) is 0 Å². The first-order valence-corrected chi connectivity index (χ1v) is 10.7. The molecule has 0 bridgehead atoms. The molecular formula is C24H30ClNO. The fourth-order valence-electron chi connectivity index (χ4n) is 5.05. The highest BCUT2D eigenvalue weighted by Gasteiger charge is 2.28. The van der Waals surface area contributed by atoms with Crippen LogP contribution in [0, 0.1) is 12.8 Å². The number of fused-ring (bicyclic) bond motifs is 1. The number of hydrogen-bond acceptors (Lipinski definition) is 2. The van der Waals surface area contributed by atoms with Gasteiger partial charge in [0, 0.05) is 11.6 Å². The van der Waals surface area contributed by atoms with Crippen LogP contribution in [0.4, 0.5) is 0 Å². The molecular weight excluding hydrogens is 354 g/mol. The van der Waals surface area contributed by atoms with Crippen LogP contribution in [0.3, 0.4) is 0 Å². The standard InChI is InChI=1S/C24H30ClNO/c1-17-5-4-7-22-20(17)10-9-18(15-24(22)27)16-26-13-11-19(12-14-26)21-6-2-3-8-23(21)25/h2-8,18-19,24,27H,9-16H2,1H3. The van der Waals surface area contributed by atoms with Gasteiger partial charge in [-0.15, -0.1) is 0 Å². The summed E-state index contributed by atoms with van der Waals surface area (Å²) in [5.74, 6) is 1.16. The molecule has 2 unspecified atom stereocenters. The second-order valence-electron chi connectivity index (χ2n) is 8.40. The highest BCUT2D eigenvalue weighted by Crippen LogP contribution is 2.36. The van der Waals surface area contributed by atoms with Crippen LogP contribution in [0.15, 0.2) is 42.5 Å². The summed E-state index contributed by atoms with van der Waals surface area (Å²) in [6.45, 7) is 5.55. The Balaban J connectivity index is 1.35. The van der Waals surface area contributed by atoms with Crippen molar-refractivity contribution in [3.63, 3.8) is 0 Å². The van der Waals surface area contributed by atoms with Gasteiger partial charge >= 0.3 is 0 Å². The number of nitrogens with zero attached hydrogens (tertiary/aromatic N) is 1. The molecule has 2 aliphatic rings. The van der Waals surface area contributed by atoms with E-state index in [2.05, 4.69) is 42.2 Å². The topological polar surface area (TPSA) is 23.5 Å².